The van der Waals surface area contributed by atoms with Crippen molar-refractivity contribution in [3.63, 3.8) is 0 Å². The molecule has 0 amide bonds. The SMILES string of the molecule is O=C(CBr)Cc1cc([N+](=O)[O-])ccc1OC(F)(F)F. The molecule has 0 bridgehead atoms. The Morgan fingerprint density at radius 1 is 1.42 bits per heavy atom. The molecule has 0 saturated carbocycles. The number of hydrogen-bond donors (Lipinski definition) is 0. The molecule has 0 spiro atoms. The number of Topliss-reactive ketones (excluding diaryl/α,β-unsaturated/α-hetero) is 1. The molecule has 0 atom stereocenters. The Morgan fingerprint density at radius 2 is 2.05 bits per heavy atom. The van der Waals surface area contributed by atoms with Crippen LogP contribution in [0.2, 0.25) is 0 Å². The summed E-state index contributed by atoms with van der Waals surface area (Å²) < 4.78 is 40.2. The highest BCUT2D eigenvalue weighted by Gasteiger charge is 2.32. The van der Waals surface area contributed by atoms with Crippen molar-refractivity contribution >= 4 is 27.4 Å². The van der Waals surface area contributed by atoms with Crippen LogP contribution in [0.5, 0.6) is 5.75 Å². The number of ketones is 1. The van der Waals surface area contributed by atoms with Crippen LogP contribution in [0.3, 0.4) is 0 Å². The molecular formula is C10H7BrF3NO4. The average molecular weight is 342 g/mol. The van der Waals surface area contributed by atoms with Gasteiger partial charge in [-0.05, 0) is 6.07 Å². The number of hydrogen-bond acceptors (Lipinski definition) is 4. The van der Waals surface area contributed by atoms with Gasteiger partial charge in [-0.1, -0.05) is 15.9 Å². The van der Waals surface area contributed by atoms with Gasteiger partial charge >= 0.3 is 6.36 Å². The predicted octanol–water partition coefficient (Wildman–Crippen LogP) is 3.00. The van der Waals surface area contributed by atoms with Gasteiger partial charge in [0.25, 0.3) is 5.69 Å². The number of rotatable bonds is 5. The Balaban J connectivity index is 3.14. The van der Waals surface area contributed by atoms with Gasteiger partial charge in [-0.2, -0.15) is 0 Å². The van der Waals surface area contributed by atoms with Gasteiger partial charge < -0.3 is 4.74 Å². The Bertz CT molecular complexity index is 504. The summed E-state index contributed by atoms with van der Waals surface area (Å²) in [6, 6.07) is 2.59. The lowest BCUT2D eigenvalue weighted by molar-refractivity contribution is -0.385. The molecule has 0 unspecified atom stereocenters. The molecule has 9 heteroatoms. The van der Waals surface area contributed by atoms with Gasteiger partial charge in [-0.3, -0.25) is 14.9 Å². The van der Waals surface area contributed by atoms with Gasteiger partial charge in [0.15, 0.2) is 0 Å². The highest BCUT2D eigenvalue weighted by molar-refractivity contribution is 9.09. The first-order chi connectivity index (χ1) is 8.73. The van der Waals surface area contributed by atoms with E-state index in [9.17, 15) is 28.1 Å². The summed E-state index contributed by atoms with van der Waals surface area (Å²) in [5.41, 5.74) is -0.595. The number of nitro benzene ring substituents is 1. The van der Waals surface area contributed by atoms with E-state index in [4.69, 9.17) is 0 Å². The molecule has 5 nitrogen and oxygen atoms in total. The minimum absolute atomic E-state index is 0.0683. The predicted molar refractivity (Wildman–Crippen MR) is 62.3 cm³/mol. The quantitative estimate of drug-likeness (QED) is 0.469. The van der Waals surface area contributed by atoms with E-state index in [1.54, 1.807) is 0 Å². The topological polar surface area (TPSA) is 69.4 Å². The van der Waals surface area contributed by atoms with Crippen LogP contribution in [0.25, 0.3) is 0 Å². The smallest absolute Gasteiger partial charge is 0.405 e. The highest BCUT2D eigenvalue weighted by Crippen LogP contribution is 2.30. The number of carbonyl (C=O) groups excluding carboxylic acids is 1. The number of benzene rings is 1. The van der Waals surface area contributed by atoms with Crippen molar-refractivity contribution < 1.29 is 27.6 Å². The number of halogens is 4. The van der Waals surface area contributed by atoms with E-state index < -0.39 is 34.9 Å². The van der Waals surface area contributed by atoms with E-state index in [2.05, 4.69) is 20.7 Å². The largest absolute Gasteiger partial charge is 0.573 e. The summed E-state index contributed by atoms with van der Waals surface area (Å²) in [5, 5.41) is 10.5. The number of nitro groups is 1. The first-order valence-corrected chi connectivity index (χ1v) is 5.96. The van der Waals surface area contributed by atoms with E-state index in [1.165, 1.54) is 0 Å². The lowest BCUT2D eigenvalue weighted by Gasteiger charge is -2.12. The molecule has 0 fully saturated rings. The Kier molecular flexibility index (Phi) is 4.87. The van der Waals surface area contributed by atoms with Crippen molar-refractivity contribution in [3.8, 4) is 5.75 Å². The molecule has 0 aliphatic rings. The van der Waals surface area contributed by atoms with Gasteiger partial charge in [0.05, 0.1) is 10.3 Å². The monoisotopic (exact) mass is 341 g/mol. The Hall–Kier alpha value is -1.64. The first kappa shape index (κ1) is 15.4. The van der Waals surface area contributed by atoms with E-state index in [0.717, 1.165) is 18.2 Å². The average Bonchev–Trinajstić information content (AvgIpc) is 2.29. The fourth-order valence-electron chi connectivity index (χ4n) is 1.30. The van der Waals surface area contributed by atoms with Crippen LogP contribution in [0.15, 0.2) is 18.2 Å². The molecule has 0 aliphatic heterocycles. The summed E-state index contributed by atoms with van der Waals surface area (Å²) in [4.78, 5) is 21.0. The van der Waals surface area contributed by atoms with Gasteiger partial charge in [-0.15, -0.1) is 13.2 Å². The number of non-ortho nitro benzene ring substituents is 1. The molecule has 0 saturated heterocycles. The molecule has 0 N–H and O–H groups in total. The number of nitrogens with zero attached hydrogens (tertiary/aromatic N) is 1. The molecule has 1 aromatic rings. The van der Waals surface area contributed by atoms with Crippen molar-refractivity contribution in [2.75, 3.05) is 5.33 Å². The molecule has 0 aliphatic carbocycles. The molecule has 1 rings (SSSR count). The van der Waals surface area contributed by atoms with Crippen molar-refractivity contribution in [3.05, 3.63) is 33.9 Å². The zero-order valence-corrected chi connectivity index (χ0v) is 10.8. The molecule has 104 valence electrons. The van der Waals surface area contributed by atoms with E-state index in [0.29, 0.717) is 0 Å². The molecule has 0 radical (unpaired) electrons. The number of carbonyl (C=O) groups is 1. The van der Waals surface area contributed by atoms with Crippen LogP contribution in [0.4, 0.5) is 18.9 Å². The maximum absolute atomic E-state index is 12.1. The van der Waals surface area contributed by atoms with E-state index in [-0.39, 0.29) is 10.9 Å². The lowest BCUT2D eigenvalue weighted by atomic mass is 10.1. The zero-order chi connectivity index (χ0) is 14.6. The van der Waals surface area contributed by atoms with Gasteiger partial charge in [0.2, 0.25) is 0 Å². The summed E-state index contributed by atoms with van der Waals surface area (Å²) in [7, 11) is 0. The van der Waals surface area contributed by atoms with Crippen molar-refractivity contribution in [1.29, 1.82) is 0 Å². The van der Waals surface area contributed by atoms with Crippen LogP contribution in [0, 0.1) is 10.1 Å². The Labute approximate surface area is 113 Å². The van der Waals surface area contributed by atoms with Crippen LogP contribution >= 0.6 is 15.9 Å². The first-order valence-electron chi connectivity index (χ1n) is 4.83. The zero-order valence-electron chi connectivity index (χ0n) is 9.24. The second-order valence-electron chi connectivity index (χ2n) is 3.45. The lowest BCUT2D eigenvalue weighted by Crippen LogP contribution is -2.19. The van der Waals surface area contributed by atoms with E-state index in [1.807, 2.05) is 0 Å². The molecule has 19 heavy (non-hydrogen) atoms. The molecule has 1 aromatic carbocycles. The maximum atomic E-state index is 12.1. The minimum atomic E-state index is -4.93. The summed E-state index contributed by atoms with van der Waals surface area (Å²) in [5.74, 6) is -1.04. The normalized spacial score (nSPS) is 11.2. The summed E-state index contributed by atoms with van der Waals surface area (Å²) in [6.45, 7) is 0. The highest BCUT2D eigenvalue weighted by atomic mass is 79.9. The minimum Gasteiger partial charge on any atom is -0.405 e. The maximum Gasteiger partial charge on any atom is 0.573 e. The van der Waals surface area contributed by atoms with E-state index >= 15 is 0 Å². The standard InChI is InChI=1S/C10H7BrF3NO4/c11-5-8(16)4-6-3-7(15(17)18)1-2-9(6)19-10(12,13)14/h1-3H,4-5H2. The third kappa shape index (κ3) is 4.86. The third-order valence-electron chi connectivity index (χ3n) is 2.02. The van der Waals surface area contributed by atoms with Crippen LogP contribution < -0.4 is 4.74 Å². The van der Waals surface area contributed by atoms with Gasteiger partial charge in [0, 0.05) is 24.1 Å². The summed E-state index contributed by atoms with van der Waals surface area (Å²) >= 11 is 2.86. The van der Waals surface area contributed by atoms with Gasteiger partial charge in [-0.25, -0.2) is 0 Å². The van der Waals surface area contributed by atoms with Crippen molar-refractivity contribution in [2.45, 2.75) is 12.8 Å². The van der Waals surface area contributed by atoms with Crippen LogP contribution in [-0.2, 0) is 11.2 Å². The second-order valence-corrected chi connectivity index (χ2v) is 4.01. The number of alkyl halides is 4. The van der Waals surface area contributed by atoms with Crippen LogP contribution in [0.1, 0.15) is 5.56 Å². The second kappa shape index (κ2) is 6.00. The molecule has 0 heterocycles. The Morgan fingerprint density at radius 3 is 2.53 bits per heavy atom. The van der Waals surface area contributed by atoms with Crippen molar-refractivity contribution in [2.24, 2.45) is 0 Å². The fraction of sp³-hybridized carbons (Fsp3) is 0.300. The van der Waals surface area contributed by atoms with Crippen LogP contribution in [-0.4, -0.2) is 22.4 Å². The fourth-order valence-corrected chi connectivity index (χ4v) is 1.50. The molecular weight excluding hydrogens is 335 g/mol. The summed E-state index contributed by atoms with van der Waals surface area (Å²) in [6.07, 6.45) is -5.32. The molecule has 0 aromatic heterocycles. The third-order valence-corrected chi connectivity index (χ3v) is 2.64. The van der Waals surface area contributed by atoms with Crippen molar-refractivity contribution in [1.82, 2.24) is 0 Å². The number of ether oxygens (including phenoxy) is 1. The van der Waals surface area contributed by atoms with Gasteiger partial charge in [0.1, 0.15) is 11.5 Å².